The largest absolute Gasteiger partial charge is 0.313 e. The van der Waals surface area contributed by atoms with Crippen LogP contribution in [-0.4, -0.2) is 37.6 Å². The van der Waals surface area contributed by atoms with Gasteiger partial charge in [0.2, 0.25) is 0 Å². The van der Waals surface area contributed by atoms with Crippen molar-refractivity contribution in [2.24, 2.45) is 10.8 Å². The topological polar surface area (TPSA) is 15.3 Å². The van der Waals surface area contributed by atoms with E-state index in [1.165, 1.54) is 45.3 Å². The maximum Gasteiger partial charge on any atom is 0.00684 e. The fourth-order valence-electron chi connectivity index (χ4n) is 2.87. The van der Waals surface area contributed by atoms with Crippen LogP contribution >= 0.6 is 0 Å². The second kappa shape index (κ2) is 6.38. The van der Waals surface area contributed by atoms with Gasteiger partial charge in [-0.1, -0.05) is 34.6 Å². The van der Waals surface area contributed by atoms with E-state index in [0.717, 1.165) is 6.04 Å². The molecular formula is C16H34N2. The van der Waals surface area contributed by atoms with Gasteiger partial charge in [0.1, 0.15) is 0 Å². The van der Waals surface area contributed by atoms with Crippen LogP contribution in [0.15, 0.2) is 0 Å². The maximum atomic E-state index is 3.74. The number of nitrogens with one attached hydrogen (secondary N) is 1. The molecule has 2 heteroatoms. The minimum Gasteiger partial charge on any atom is -0.313 e. The highest BCUT2D eigenvalue weighted by Crippen LogP contribution is 2.29. The van der Waals surface area contributed by atoms with E-state index in [4.69, 9.17) is 0 Å². The summed E-state index contributed by atoms with van der Waals surface area (Å²) in [6.45, 7) is 15.3. The number of rotatable bonds is 8. The SMILES string of the molecule is CCC(CC)(CNC1CC1)CN(C)CC(C)(C)C. The van der Waals surface area contributed by atoms with E-state index < -0.39 is 0 Å². The van der Waals surface area contributed by atoms with Crippen molar-refractivity contribution in [3.05, 3.63) is 0 Å². The van der Waals surface area contributed by atoms with Gasteiger partial charge < -0.3 is 10.2 Å². The van der Waals surface area contributed by atoms with Crippen LogP contribution in [0.25, 0.3) is 0 Å². The van der Waals surface area contributed by atoms with Gasteiger partial charge in [-0.25, -0.2) is 0 Å². The van der Waals surface area contributed by atoms with Gasteiger partial charge in [0, 0.05) is 25.7 Å². The lowest BCUT2D eigenvalue weighted by molar-refractivity contribution is 0.125. The van der Waals surface area contributed by atoms with Crippen LogP contribution < -0.4 is 5.32 Å². The first-order valence-electron chi connectivity index (χ1n) is 7.72. The van der Waals surface area contributed by atoms with Crippen LogP contribution in [0.5, 0.6) is 0 Å². The normalized spacial score (nSPS) is 17.5. The molecule has 0 amide bonds. The fourth-order valence-corrected chi connectivity index (χ4v) is 2.87. The molecule has 2 nitrogen and oxygen atoms in total. The summed E-state index contributed by atoms with van der Waals surface area (Å²) < 4.78 is 0. The Hall–Kier alpha value is -0.0800. The molecule has 1 rings (SSSR count). The van der Waals surface area contributed by atoms with E-state index >= 15 is 0 Å². The van der Waals surface area contributed by atoms with Gasteiger partial charge in [-0.05, 0) is 43.6 Å². The Labute approximate surface area is 115 Å². The molecule has 0 bridgehead atoms. The zero-order valence-corrected chi connectivity index (χ0v) is 13.5. The molecule has 18 heavy (non-hydrogen) atoms. The van der Waals surface area contributed by atoms with E-state index in [2.05, 4.69) is 51.9 Å². The third-order valence-electron chi connectivity index (χ3n) is 4.19. The highest BCUT2D eigenvalue weighted by molar-refractivity contribution is 4.88. The van der Waals surface area contributed by atoms with E-state index in [1.54, 1.807) is 0 Å². The first-order chi connectivity index (χ1) is 8.30. The van der Waals surface area contributed by atoms with Crippen molar-refractivity contribution in [2.75, 3.05) is 26.7 Å². The first-order valence-corrected chi connectivity index (χ1v) is 7.72. The summed E-state index contributed by atoms with van der Waals surface area (Å²) in [6, 6.07) is 0.829. The average Bonchev–Trinajstić information content (AvgIpc) is 3.05. The van der Waals surface area contributed by atoms with Crippen molar-refractivity contribution in [3.63, 3.8) is 0 Å². The number of hydrogen-bond donors (Lipinski definition) is 1. The van der Waals surface area contributed by atoms with Crippen LogP contribution in [0.4, 0.5) is 0 Å². The molecule has 0 atom stereocenters. The minimum atomic E-state index is 0.395. The van der Waals surface area contributed by atoms with Crippen LogP contribution in [0.1, 0.15) is 60.3 Å². The molecule has 1 N–H and O–H groups in total. The van der Waals surface area contributed by atoms with Gasteiger partial charge in [-0.15, -0.1) is 0 Å². The number of hydrogen-bond acceptors (Lipinski definition) is 2. The lowest BCUT2D eigenvalue weighted by Gasteiger charge is -2.38. The summed E-state index contributed by atoms with van der Waals surface area (Å²) in [5.74, 6) is 0. The zero-order valence-electron chi connectivity index (χ0n) is 13.5. The predicted molar refractivity (Wildman–Crippen MR) is 81.0 cm³/mol. The molecule has 0 heterocycles. The van der Waals surface area contributed by atoms with Crippen LogP contribution in [0, 0.1) is 10.8 Å². The second-order valence-electron chi connectivity index (χ2n) is 7.60. The first kappa shape index (κ1) is 16.0. The van der Waals surface area contributed by atoms with Crippen LogP contribution in [-0.2, 0) is 0 Å². The average molecular weight is 254 g/mol. The Morgan fingerprint density at radius 2 is 1.61 bits per heavy atom. The Morgan fingerprint density at radius 1 is 1.06 bits per heavy atom. The van der Waals surface area contributed by atoms with Gasteiger partial charge in [0.25, 0.3) is 0 Å². The maximum absolute atomic E-state index is 3.74. The monoisotopic (exact) mass is 254 g/mol. The molecule has 0 unspecified atom stereocenters. The van der Waals surface area contributed by atoms with Crippen LogP contribution in [0.3, 0.4) is 0 Å². The molecule has 0 saturated heterocycles. The lowest BCUT2D eigenvalue weighted by Crippen LogP contribution is -2.44. The smallest absolute Gasteiger partial charge is 0.00684 e. The minimum absolute atomic E-state index is 0.395. The molecule has 0 aromatic heterocycles. The van der Waals surface area contributed by atoms with Gasteiger partial charge >= 0.3 is 0 Å². The third-order valence-corrected chi connectivity index (χ3v) is 4.19. The van der Waals surface area contributed by atoms with E-state index in [9.17, 15) is 0 Å². The molecule has 1 aliphatic rings. The van der Waals surface area contributed by atoms with Crippen molar-refractivity contribution >= 4 is 0 Å². The van der Waals surface area contributed by atoms with Crippen molar-refractivity contribution in [3.8, 4) is 0 Å². The highest BCUT2D eigenvalue weighted by atomic mass is 15.1. The molecule has 108 valence electrons. The molecule has 0 aromatic rings. The zero-order chi connectivity index (χ0) is 13.8. The van der Waals surface area contributed by atoms with E-state index in [-0.39, 0.29) is 0 Å². The highest BCUT2D eigenvalue weighted by Gasteiger charge is 2.31. The molecule has 0 spiro atoms. The predicted octanol–water partition coefficient (Wildman–Crippen LogP) is 3.52. The summed E-state index contributed by atoms with van der Waals surface area (Å²) in [6.07, 6.45) is 5.33. The molecule has 0 aromatic carbocycles. The van der Waals surface area contributed by atoms with Gasteiger partial charge in [0.15, 0.2) is 0 Å². The summed E-state index contributed by atoms with van der Waals surface area (Å²) in [5, 5.41) is 3.74. The van der Waals surface area contributed by atoms with Crippen molar-refractivity contribution < 1.29 is 0 Å². The summed E-state index contributed by atoms with van der Waals surface area (Å²) in [7, 11) is 2.28. The lowest BCUT2D eigenvalue weighted by atomic mass is 9.81. The van der Waals surface area contributed by atoms with E-state index in [1.807, 2.05) is 0 Å². The Bertz CT molecular complexity index is 234. The van der Waals surface area contributed by atoms with Gasteiger partial charge in [-0.3, -0.25) is 0 Å². The quantitative estimate of drug-likeness (QED) is 0.713. The summed E-state index contributed by atoms with van der Waals surface area (Å²) in [4.78, 5) is 2.53. The van der Waals surface area contributed by atoms with Crippen LogP contribution in [0.2, 0.25) is 0 Å². The second-order valence-corrected chi connectivity index (χ2v) is 7.60. The summed E-state index contributed by atoms with van der Waals surface area (Å²) in [5.41, 5.74) is 0.856. The third kappa shape index (κ3) is 5.71. The van der Waals surface area contributed by atoms with Crippen molar-refractivity contribution in [2.45, 2.75) is 66.3 Å². The molecule has 1 fully saturated rings. The van der Waals surface area contributed by atoms with Crippen molar-refractivity contribution in [1.29, 1.82) is 0 Å². The van der Waals surface area contributed by atoms with E-state index in [0.29, 0.717) is 10.8 Å². The number of nitrogens with zero attached hydrogens (tertiary/aromatic N) is 1. The fraction of sp³-hybridized carbons (Fsp3) is 1.00. The molecule has 1 saturated carbocycles. The van der Waals surface area contributed by atoms with Gasteiger partial charge in [-0.2, -0.15) is 0 Å². The molecule has 1 aliphatic carbocycles. The Balaban J connectivity index is 2.48. The Morgan fingerprint density at radius 3 is 2.00 bits per heavy atom. The molecule has 0 aliphatic heterocycles. The molecule has 0 radical (unpaired) electrons. The van der Waals surface area contributed by atoms with Gasteiger partial charge in [0.05, 0.1) is 0 Å². The Kier molecular flexibility index (Phi) is 5.67. The standard InChI is InChI=1S/C16H34N2/c1-7-16(8-2,11-17-14-9-10-14)13-18(6)12-15(3,4)5/h14,17H,7-13H2,1-6H3. The van der Waals surface area contributed by atoms with Crippen molar-refractivity contribution in [1.82, 2.24) is 10.2 Å². The molecular weight excluding hydrogens is 220 g/mol. The summed E-state index contributed by atoms with van der Waals surface area (Å²) >= 11 is 0.